The Labute approximate surface area is 156 Å². The SMILES string of the molecule is C[C@@H]1C[C@H](Nc2c(NC(=O)CC(=O)O)cnc3ccc(C#N)cc23)CCO1. The number of anilines is 2. The number of carboxylic acids is 1. The van der Waals surface area contributed by atoms with Crippen molar-refractivity contribution in [2.75, 3.05) is 17.2 Å². The van der Waals surface area contributed by atoms with Gasteiger partial charge in [0.1, 0.15) is 6.42 Å². The summed E-state index contributed by atoms with van der Waals surface area (Å²) in [4.78, 5) is 27.1. The zero-order chi connectivity index (χ0) is 19.4. The molecule has 1 aliphatic rings. The van der Waals surface area contributed by atoms with Crippen molar-refractivity contribution in [2.45, 2.75) is 38.3 Å². The molecular weight excluding hydrogens is 348 g/mol. The lowest BCUT2D eigenvalue weighted by Gasteiger charge is -2.30. The minimum Gasteiger partial charge on any atom is -0.481 e. The van der Waals surface area contributed by atoms with Gasteiger partial charge in [0.25, 0.3) is 0 Å². The van der Waals surface area contributed by atoms with Crippen molar-refractivity contribution in [3.63, 3.8) is 0 Å². The summed E-state index contributed by atoms with van der Waals surface area (Å²) in [6, 6.07) is 7.36. The van der Waals surface area contributed by atoms with Crippen molar-refractivity contribution < 1.29 is 19.4 Å². The van der Waals surface area contributed by atoms with E-state index in [2.05, 4.69) is 21.7 Å². The number of benzene rings is 1. The summed E-state index contributed by atoms with van der Waals surface area (Å²) in [6.45, 7) is 2.63. The third-order valence-corrected chi connectivity index (χ3v) is 4.42. The third-order valence-electron chi connectivity index (χ3n) is 4.42. The number of hydrogen-bond acceptors (Lipinski definition) is 6. The predicted molar refractivity (Wildman–Crippen MR) is 99.4 cm³/mol. The number of fused-ring (bicyclic) bond motifs is 1. The van der Waals surface area contributed by atoms with Crippen LogP contribution in [0.25, 0.3) is 10.9 Å². The van der Waals surface area contributed by atoms with Gasteiger partial charge in [-0.1, -0.05) is 0 Å². The molecule has 0 aliphatic carbocycles. The number of nitrogens with zero attached hydrogens (tertiary/aromatic N) is 2. The molecule has 140 valence electrons. The van der Waals surface area contributed by atoms with Crippen LogP contribution in [-0.4, -0.2) is 40.7 Å². The largest absolute Gasteiger partial charge is 0.481 e. The van der Waals surface area contributed by atoms with E-state index < -0.39 is 18.3 Å². The second-order valence-electron chi connectivity index (χ2n) is 6.56. The summed E-state index contributed by atoms with van der Waals surface area (Å²) in [5.74, 6) is -1.84. The fourth-order valence-electron chi connectivity index (χ4n) is 3.18. The van der Waals surface area contributed by atoms with Crippen LogP contribution in [0.5, 0.6) is 0 Å². The van der Waals surface area contributed by atoms with Gasteiger partial charge in [0.2, 0.25) is 5.91 Å². The van der Waals surface area contributed by atoms with Crippen molar-refractivity contribution in [1.82, 2.24) is 4.98 Å². The Morgan fingerprint density at radius 1 is 1.44 bits per heavy atom. The van der Waals surface area contributed by atoms with Crippen molar-refractivity contribution in [3.8, 4) is 6.07 Å². The first kappa shape index (κ1) is 18.6. The fraction of sp³-hybridized carbons (Fsp3) is 0.368. The summed E-state index contributed by atoms with van der Waals surface area (Å²) < 4.78 is 5.58. The molecule has 8 nitrogen and oxygen atoms in total. The second-order valence-corrected chi connectivity index (χ2v) is 6.56. The van der Waals surface area contributed by atoms with Crippen LogP contribution in [0.1, 0.15) is 31.7 Å². The highest BCUT2D eigenvalue weighted by molar-refractivity contribution is 6.07. The summed E-state index contributed by atoms with van der Waals surface area (Å²) >= 11 is 0. The van der Waals surface area contributed by atoms with Crippen LogP contribution in [0, 0.1) is 11.3 Å². The van der Waals surface area contributed by atoms with Crippen LogP contribution >= 0.6 is 0 Å². The topological polar surface area (TPSA) is 124 Å². The molecule has 0 spiro atoms. The molecule has 8 heteroatoms. The first-order valence-corrected chi connectivity index (χ1v) is 8.69. The van der Waals surface area contributed by atoms with E-state index in [4.69, 9.17) is 9.84 Å². The molecule has 2 atom stereocenters. The lowest BCUT2D eigenvalue weighted by Crippen LogP contribution is -2.33. The Hall–Kier alpha value is -3.18. The van der Waals surface area contributed by atoms with Gasteiger partial charge in [-0.05, 0) is 38.0 Å². The first-order chi connectivity index (χ1) is 13.0. The predicted octanol–water partition coefficient (Wildman–Crippen LogP) is 2.50. The lowest BCUT2D eigenvalue weighted by atomic mass is 10.0. The first-order valence-electron chi connectivity index (χ1n) is 8.69. The summed E-state index contributed by atoms with van der Waals surface area (Å²) in [7, 11) is 0. The summed E-state index contributed by atoms with van der Waals surface area (Å²) in [5, 5.41) is 24.8. The van der Waals surface area contributed by atoms with Crippen LogP contribution in [0.15, 0.2) is 24.4 Å². The molecule has 0 bridgehead atoms. The molecule has 0 unspecified atom stereocenters. The Bertz CT molecular complexity index is 922. The maximum atomic E-state index is 12.0. The van der Waals surface area contributed by atoms with Crippen LogP contribution in [0.4, 0.5) is 11.4 Å². The van der Waals surface area contributed by atoms with Gasteiger partial charge < -0.3 is 20.5 Å². The molecule has 1 fully saturated rings. The molecule has 1 aromatic heterocycles. The molecule has 3 rings (SSSR count). The number of amides is 1. The molecule has 2 heterocycles. The van der Waals surface area contributed by atoms with Gasteiger partial charge >= 0.3 is 5.97 Å². The van der Waals surface area contributed by atoms with Crippen LogP contribution in [0.2, 0.25) is 0 Å². The molecule has 0 saturated carbocycles. The van der Waals surface area contributed by atoms with Gasteiger partial charge in [0.05, 0.1) is 40.8 Å². The molecule has 0 radical (unpaired) electrons. The summed E-state index contributed by atoms with van der Waals surface area (Å²) in [5.41, 5.74) is 2.17. The molecule has 1 amide bonds. The molecule has 27 heavy (non-hydrogen) atoms. The van der Waals surface area contributed by atoms with Gasteiger partial charge in [-0.15, -0.1) is 0 Å². The standard InChI is InChI=1S/C19H20N4O4/c1-11-6-13(4-5-27-11)22-19-14-7-12(9-20)2-3-15(14)21-10-16(19)23-17(24)8-18(25)26/h2-3,7,10-11,13H,4-6,8H2,1H3,(H,21,22)(H,23,24)(H,25,26)/t11-,13-/m1/s1. The number of hydrogen-bond donors (Lipinski definition) is 3. The molecular formula is C19H20N4O4. The van der Waals surface area contributed by atoms with Crippen LogP contribution in [-0.2, 0) is 14.3 Å². The number of ether oxygens (including phenoxy) is 1. The molecule has 3 N–H and O–H groups in total. The number of aliphatic carboxylic acids is 1. The van der Waals surface area contributed by atoms with Gasteiger partial charge in [0.15, 0.2) is 0 Å². The molecule has 2 aromatic rings. The van der Waals surface area contributed by atoms with Crippen LogP contribution in [0.3, 0.4) is 0 Å². The number of carbonyl (C=O) groups is 2. The monoisotopic (exact) mass is 368 g/mol. The minimum absolute atomic E-state index is 0.115. The average Bonchev–Trinajstić information content (AvgIpc) is 2.62. The zero-order valence-electron chi connectivity index (χ0n) is 14.9. The highest BCUT2D eigenvalue weighted by Crippen LogP contribution is 2.33. The van der Waals surface area contributed by atoms with E-state index in [9.17, 15) is 14.9 Å². The molecule has 1 aliphatic heterocycles. The van der Waals surface area contributed by atoms with Crippen molar-refractivity contribution in [3.05, 3.63) is 30.0 Å². The van der Waals surface area contributed by atoms with E-state index >= 15 is 0 Å². The number of nitriles is 1. The van der Waals surface area contributed by atoms with Gasteiger partial charge in [-0.25, -0.2) is 0 Å². The zero-order valence-corrected chi connectivity index (χ0v) is 14.9. The normalized spacial score (nSPS) is 19.3. The molecule has 1 aromatic carbocycles. The van der Waals surface area contributed by atoms with E-state index in [1.165, 1.54) is 6.20 Å². The van der Waals surface area contributed by atoms with Crippen molar-refractivity contribution in [2.24, 2.45) is 0 Å². The average molecular weight is 368 g/mol. The third kappa shape index (κ3) is 4.51. The summed E-state index contributed by atoms with van der Waals surface area (Å²) in [6.07, 6.45) is 2.58. The number of carboxylic acid groups (broad SMARTS) is 1. The van der Waals surface area contributed by atoms with Crippen molar-refractivity contribution >= 4 is 34.2 Å². The maximum absolute atomic E-state index is 12.0. The van der Waals surface area contributed by atoms with E-state index in [-0.39, 0.29) is 12.1 Å². The number of aromatic nitrogens is 1. The number of nitrogens with one attached hydrogen (secondary N) is 2. The van der Waals surface area contributed by atoms with Gasteiger partial charge in [0, 0.05) is 18.0 Å². The van der Waals surface area contributed by atoms with E-state index in [1.54, 1.807) is 18.2 Å². The van der Waals surface area contributed by atoms with Crippen molar-refractivity contribution in [1.29, 1.82) is 5.26 Å². The number of rotatable bonds is 5. The van der Waals surface area contributed by atoms with Gasteiger partial charge in [-0.2, -0.15) is 5.26 Å². The smallest absolute Gasteiger partial charge is 0.312 e. The highest BCUT2D eigenvalue weighted by Gasteiger charge is 2.22. The lowest BCUT2D eigenvalue weighted by molar-refractivity contribution is -0.139. The highest BCUT2D eigenvalue weighted by atomic mass is 16.5. The molecule has 1 saturated heterocycles. The second kappa shape index (κ2) is 8.01. The van der Waals surface area contributed by atoms with E-state index in [0.717, 1.165) is 12.8 Å². The Morgan fingerprint density at radius 2 is 2.26 bits per heavy atom. The quantitative estimate of drug-likeness (QED) is 0.693. The number of pyridine rings is 1. The van der Waals surface area contributed by atoms with Gasteiger partial charge in [-0.3, -0.25) is 14.6 Å². The number of carbonyl (C=O) groups excluding carboxylic acids is 1. The Morgan fingerprint density at radius 3 is 2.96 bits per heavy atom. The Kier molecular flexibility index (Phi) is 5.52. The maximum Gasteiger partial charge on any atom is 0.312 e. The fourth-order valence-corrected chi connectivity index (χ4v) is 3.18. The van der Waals surface area contributed by atoms with E-state index in [1.807, 2.05) is 6.92 Å². The van der Waals surface area contributed by atoms with E-state index in [0.29, 0.717) is 34.4 Å². The van der Waals surface area contributed by atoms with Crippen LogP contribution < -0.4 is 10.6 Å². The minimum atomic E-state index is -1.21. The Balaban J connectivity index is 2.00.